The van der Waals surface area contributed by atoms with Gasteiger partial charge in [-0.3, -0.25) is 14.6 Å². The molecule has 22 heavy (non-hydrogen) atoms. The van der Waals surface area contributed by atoms with E-state index >= 15 is 0 Å². The van der Waals surface area contributed by atoms with Gasteiger partial charge in [-0.25, -0.2) is 0 Å². The van der Waals surface area contributed by atoms with Crippen LogP contribution in [0.15, 0.2) is 43.4 Å². The number of allylic oxidation sites excluding steroid dienone is 1. The fourth-order valence-electron chi connectivity index (χ4n) is 2.51. The predicted octanol–water partition coefficient (Wildman–Crippen LogP) is 3.57. The summed E-state index contributed by atoms with van der Waals surface area (Å²) in [6.07, 6.45) is 8.86. The molecule has 1 atom stereocenters. The topological polar surface area (TPSA) is 34.0 Å². The van der Waals surface area contributed by atoms with Gasteiger partial charge in [-0.1, -0.05) is 13.0 Å². The van der Waals surface area contributed by atoms with Crippen LogP contribution in [0, 0.1) is 6.92 Å². The van der Waals surface area contributed by atoms with Crippen LogP contribution in [0.3, 0.4) is 0 Å². The second-order valence-electron chi connectivity index (χ2n) is 5.77. The summed E-state index contributed by atoms with van der Waals surface area (Å²) in [5.41, 5.74) is 3.69. The van der Waals surface area contributed by atoms with Gasteiger partial charge < -0.3 is 0 Å². The molecule has 0 aliphatic heterocycles. The Hall–Kier alpha value is -1.94. The molecule has 2 rings (SSSR count). The summed E-state index contributed by atoms with van der Waals surface area (Å²) in [7, 11) is 0. The van der Waals surface area contributed by atoms with Crippen LogP contribution in [0.2, 0.25) is 0 Å². The van der Waals surface area contributed by atoms with Gasteiger partial charge in [0.05, 0.1) is 12.2 Å². The Kier molecular flexibility index (Phi) is 5.90. The number of hydrogen-bond acceptors (Lipinski definition) is 3. The van der Waals surface area contributed by atoms with Gasteiger partial charge in [-0.05, 0) is 38.0 Å². The van der Waals surface area contributed by atoms with Crippen molar-refractivity contribution in [3.05, 3.63) is 60.2 Å². The molecule has 2 aromatic rings. The first-order valence-electron chi connectivity index (χ1n) is 7.90. The minimum atomic E-state index is 0.523. The third kappa shape index (κ3) is 4.28. The smallest absolute Gasteiger partial charge is 0.0638 e. The summed E-state index contributed by atoms with van der Waals surface area (Å²) >= 11 is 0. The maximum atomic E-state index is 4.55. The van der Waals surface area contributed by atoms with Gasteiger partial charge in [-0.2, -0.15) is 5.10 Å². The lowest BCUT2D eigenvalue weighted by molar-refractivity contribution is 0.185. The first kappa shape index (κ1) is 16.4. The average Bonchev–Trinajstić information content (AvgIpc) is 2.87. The number of rotatable bonds is 8. The van der Waals surface area contributed by atoms with Crippen LogP contribution in [0.25, 0.3) is 0 Å². The number of hydrogen-bond donors (Lipinski definition) is 0. The van der Waals surface area contributed by atoms with E-state index in [1.807, 2.05) is 23.2 Å². The molecule has 2 heterocycles. The van der Waals surface area contributed by atoms with Crippen molar-refractivity contribution in [2.24, 2.45) is 0 Å². The molecule has 0 N–H and O–H groups in total. The monoisotopic (exact) mass is 298 g/mol. The van der Waals surface area contributed by atoms with E-state index in [0.717, 1.165) is 31.7 Å². The van der Waals surface area contributed by atoms with Gasteiger partial charge in [0.2, 0.25) is 0 Å². The van der Waals surface area contributed by atoms with Crippen LogP contribution < -0.4 is 0 Å². The Balaban J connectivity index is 2.14. The number of pyridine rings is 1. The highest BCUT2D eigenvalue weighted by Gasteiger charge is 2.16. The van der Waals surface area contributed by atoms with Gasteiger partial charge in [0.15, 0.2) is 0 Å². The van der Waals surface area contributed by atoms with Crippen LogP contribution >= 0.6 is 0 Å². The summed E-state index contributed by atoms with van der Waals surface area (Å²) in [6.45, 7) is 13.0. The third-order valence-corrected chi connectivity index (χ3v) is 4.09. The summed E-state index contributed by atoms with van der Waals surface area (Å²) in [6, 6.07) is 4.70. The Morgan fingerprint density at radius 1 is 1.32 bits per heavy atom. The molecule has 2 aromatic heterocycles. The summed E-state index contributed by atoms with van der Waals surface area (Å²) in [4.78, 5) is 6.60. The van der Waals surface area contributed by atoms with Gasteiger partial charge >= 0.3 is 0 Å². The SMILES string of the molecule is C=CCn1cc(CN(Cc2ccncc2)[C@@H](C)CC)c(C)n1. The summed E-state index contributed by atoms with van der Waals surface area (Å²) in [5, 5.41) is 4.55. The minimum absolute atomic E-state index is 0.523. The first-order chi connectivity index (χ1) is 10.6. The second kappa shape index (κ2) is 7.90. The molecule has 0 bridgehead atoms. The van der Waals surface area contributed by atoms with Crippen molar-refractivity contribution >= 4 is 0 Å². The van der Waals surface area contributed by atoms with Crippen LogP contribution in [0.5, 0.6) is 0 Å². The Morgan fingerprint density at radius 3 is 2.68 bits per heavy atom. The molecule has 0 radical (unpaired) electrons. The van der Waals surface area contributed by atoms with E-state index in [-0.39, 0.29) is 0 Å². The molecule has 0 aliphatic carbocycles. The molecule has 0 unspecified atom stereocenters. The van der Waals surface area contributed by atoms with Crippen molar-refractivity contribution in [2.75, 3.05) is 0 Å². The molecule has 0 aliphatic rings. The van der Waals surface area contributed by atoms with Gasteiger partial charge in [0.25, 0.3) is 0 Å². The summed E-state index contributed by atoms with van der Waals surface area (Å²) < 4.78 is 1.96. The lowest BCUT2D eigenvalue weighted by Gasteiger charge is -2.28. The molecule has 0 spiro atoms. The van der Waals surface area contributed by atoms with E-state index in [1.54, 1.807) is 0 Å². The summed E-state index contributed by atoms with van der Waals surface area (Å²) in [5.74, 6) is 0. The van der Waals surface area contributed by atoms with E-state index in [9.17, 15) is 0 Å². The van der Waals surface area contributed by atoms with Crippen molar-refractivity contribution in [3.63, 3.8) is 0 Å². The van der Waals surface area contributed by atoms with Gasteiger partial charge in [0, 0.05) is 43.3 Å². The molecule has 0 aromatic carbocycles. The number of aryl methyl sites for hydroxylation is 1. The maximum Gasteiger partial charge on any atom is 0.0638 e. The van der Waals surface area contributed by atoms with E-state index < -0.39 is 0 Å². The molecule has 118 valence electrons. The van der Waals surface area contributed by atoms with Crippen molar-refractivity contribution < 1.29 is 0 Å². The van der Waals surface area contributed by atoms with Gasteiger partial charge in [-0.15, -0.1) is 6.58 Å². The lowest BCUT2D eigenvalue weighted by atomic mass is 10.1. The molecular weight excluding hydrogens is 272 g/mol. The fourth-order valence-corrected chi connectivity index (χ4v) is 2.51. The van der Waals surface area contributed by atoms with E-state index in [1.165, 1.54) is 11.1 Å². The number of nitrogens with zero attached hydrogens (tertiary/aromatic N) is 4. The van der Waals surface area contributed by atoms with E-state index in [0.29, 0.717) is 6.04 Å². The standard InChI is InChI=1S/C18H26N4/c1-5-11-22-14-18(16(4)20-22)13-21(15(3)6-2)12-17-7-9-19-10-8-17/h5,7-10,14-15H,1,6,11-13H2,2-4H3/t15-/m0/s1. The first-order valence-corrected chi connectivity index (χ1v) is 7.90. The molecule has 4 nitrogen and oxygen atoms in total. The van der Waals surface area contributed by atoms with Crippen molar-refractivity contribution in [3.8, 4) is 0 Å². The second-order valence-corrected chi connectivity index (χ2v) is 5.77. The van der Waals surface area contributed by atoms with Crippen LogP contribution in [-0.4, -0.2) is 25.7 Å². The van der Waals surface area contributed by atoms with E-state index in [4.69, 9.17) is 0 Å². The molecular formula is C18H26N4. The van der Waals surface area contributed by atoms with Crippen LogP contribution in [0.4, 0.5) is 0 Å². The van der Waals surface area contributed by atoms with Crippen molar-refractivity contribution in [1.82, 2.24) is 19.7 Å². The molecule has 0 fully saturated rings. The zero-order valence-electron chi connectivity index (χ0n) is 13.9. The molecule has 0 amide bonds. The Morgan fingerprint density at radius 2 is 2.05 bits per heavy atom. The third-order valence-electron chi connectivity index (χ3n) is 4.09. The molecule has 4 heteroatoms. The normalized spacial score (nSPS) is 12.5. The molecule has 0 saturated heterocycles. The Bertz CT molecular complexity index is 588. The molecule has 0 saturated carbocycles. The maximum absolute atomic E-state index is 4.55. The highest BCUT2D eigenvalue weighted by Crippen LogP contribution is 2.16. The minimum Gasteiger partial charge on any atom is -0.292 e. The zero-order chi connectivity index (χ0) is 15.9. The zero-order valence-corrected chi connectivity index (χ0v) is 13.9. The average molecular weight is 298 g/mol. The largest absolute Gasteiger partial charge is 0.292 e. The lowest BCUT2D eigenvalue weighted by Crippen LogP contribution is -2.31. The van der Waals surface area contributed by atoms with Crippen LogP contribution in [0.1, 0.15) is 37.1 Å². The quantitative estimate of drug-likeness (QED) is 0.699. The fraction of sp³-hybridized carbons (Fsp3) is 0.444. The Labute approximate surface area is 133 Å². The number of aromatic nitrogens is 3. The highest BCUT2D eigenvalue weighted by atomic mass is 15.3. The van der Waals surface area contributed by atoms with E-state index in [2.05, 4.69) is 60.7 Å². The van der Waals surface area contributed by atoms with Gasteiger partial charge in [0.1, 0.15) is 0 Å². The highest BCUT2D eigenvalue weighted by molar-refractivity contribution is 5.17. The van der Waals surface area contributed by atoms with Crippen molar-refractivity contribution in [1.29, 1.82) is 0 Å². The predicted molar refractivity (Wildman–Crippen MR) is 90.4 cm³/mol. The van der Waals surface area contributed by atoms with Crippen LogP contribution in [-0.2, 0) is 19.6 Å². The van der Waals surface area contributed by atoms with Crippen molar-refractivity contribution in [2.45, 2.75) is 52.9 Å².